The predicted octanol–water partition coefficient (Wildman–Crippen LogP) is 6.48. The van der Waals surface area contributed by atoms with E-state index in [4.69, 9.17) is 25.1 Å². The number of aliphatic imine (C=N–C) groups is 1. The van der Waals surface area contributed by atoms with Crippen LogP contribution >= 0.6 is 15.9 Å². The summed E-state index contributed by atoms with van der Waals surface area (Å²) in [5.74, 6) is 0.0318. The van der Waals surface area contributed by atoms with E-state index in [0.717, 1.165) is 15.6 Å². The summed E-state index contributed by atoms with van der Waals surface area (Å²) in [7, 11) is 0. The van der Waals surface area contributed by atoms with Crippen molar-refractivity contribution in [2.75, 3.05) is 13.2 Å². The van der Waals surface area contributed by atoms with Crippen LogP contribution in [0.5, 0.6) is 5.75 Å². The number of benzene rings is 4. The average Bonchev–Trinajstić information content (AvgIpc) is 3.45. The van der Waals surface area contributed by atoms with Crippen LogP contribution in [-0.4, -0.2) is 35.7 Å². The van der Waals surface area contributed by atoms with Crippen LogP contribution in [0.2, 0.25) is 0 Å². The molecule has 236 valence electrons. The highest BCUT2D eigenvalue weighted by molar-refractivity contribution is 9.10. The molecular weight excluding hydrogens is 655 g/mol. The molecule has 1 aliphatic heterocycles. The minimum absolute atomic E-state index is 0.0341. The molecule has 0 fully saturated rings. The topological polar surface area (TPSA) is 141 Å². The van der Waals surface area contributed by atoms with Gasteiger partial charge in [0, 0.05) is 46.5 Å². The highest BCUT2D eigenvalue weighted by Crippen LogP contribution is 2.45. The summed E-state index contributed by atoms with van der Waals surface area (Å²) in [6.45, 7) is 0.671. The maximum atomic E-state index is 14.5. The Bertz CT molecular complexity index is 1750. The number of nitrogens with zero attached hydrogens (tertiary/aromatic N) is 4. The van der Waals surface area contributed by atoms with E-state index >= 15 is 0 Å². The Morgan fingerprint density at radius 3 is 2.57 bits per heavy atom. The summed E-state index contributed by atoms with van der Waals surface area (Å²) in [5.41, 5.74) is 16.7. The molecule has 0 saturated heterocycles. The minimum Gasteiger partial charge on any atom is -0.494 e. The minimum atomic E-state index is -1.53. The fourth-order valence-electron chi connectivity index (χ4n) is 5.21. The first-order chi connectivity index (χ1) is 22.4. The van der Waals surface area contributed by atoms with Gasteiger partial charge in [-0.05, 0) is 64.7 Å². The molecule has 1 heterocycles. The van der Waals surface area contributed by atoms with Crippen molar-refractivity contribution < 1.29 is 23.8 Å². The van der Waals surface area contributed by atoms with Crippen molar-refractivity contribution in [1.82, 2.24) is 10.9 Å². The second-order valence-corrected chi connectivity index (χ2v) is 11.4. The van der Waals surface area contributed by atoms with Crippen LogP contribution in [0.15, 0.2) is 112 Å². The Morgan fingerprint density at radius 2 is 1.83 bits per heavy atom. The molecule has 0 aromatic heterocycles. The monoisotopic (exact) mass is 686 g/mol. The van der Waals surface area contributed by atoms with Crippen molar-refractivity contribution >= 4 is 27.7 Å². The Balaban J connectivity index is 1.56. The van der Waals surface area contributed by atoms with Gasteiger partial charge in [-0.15, -0.1) is 0 Å². The Morgan fingerprint density at radius 1 is 1.07 bits per heavy atom. The second-order valence-electron chi connectivity index (χ2n) is 10.6. The first-order valence-electron chi connectivity index (χ1n) is 14.6. The smallest absolute Gasteiger partial charge is 0.266 e. The molecule has 0 unspecified atom stereocenters. The molecular formula is C34H32BrFN6O4. The highest BCUT2D eigenvalue weighted by Gasteiger charge is 2.54. The maximum Gasteiger partial charge on any atom is 0.266 e. The molecule has 46 heavy (non-hydrogen) atoms. The largest absolute Gasteiger partial charge is 0.494 e. The lowest BCUT2D eigenvalue weighted by atomic mass is 9.81. The quantitative estimate of drug-likeness (QED) is 0.0458. The molecule has 1 aliphatic rings. The van der Waals surface area contributed by atoms with Gasteiger partial charge in [-0.1, -0.05) is 75.6 Å². The Hall–Kier alpha value is -4.74. The molecule has 4 aromatic rings. The summed E-state index contributed by atoms with van der Waals surface area (Å²) in [4.78, 5) is 22.4. The second kappa shape index (κ2) is 15.5. The predicted molar refractivity (Wildman–Crippen MR) is 175 cm³/mol. The van der Waals surface area contributed by atoms with E-state index in [1.54, 1.807) is 36.4 Å². The first kappa shape index (κ1) is 32.6. The zero-order valence-corrected chi connectivity index (χ0v) is 26.4. The van der Waals surface area contributed by atoms with E-state index in [2.05, 4.69) is 36.8 Å². The van der Waals surface area contributed by atoms with Gasteiger partial charge in [0.2, 0.25) is 5.90 Å². The number of ether oxygens (including phenoxy) is 2. The van der Waals surface area contributed by atoms with Crippen molar-refractivity contribution in [3.63, 3.8) is 0 Å². The van der Waals surface area contributed by atoms with Crippen molar-refractivity contribution in [1.29, 1.82) is 0 Å². The maximum absolute atomic E-state index is 14.5. The standard InChI is InChI=1S/C34H32BrFN6O4/c35-30-12-4-3-11-29(30)31-34(20-25-8-1-2-9-26(25)22-39-42-37,33(44)41-38-21-23-7-5-10-27(36)19-23)40-32(46-31)24-13-15-28(16-14-24)45-18-6-17-43/h1-5,7-16,19,31,38,43H,6,17-18,20-22H2,(H,41,44)/t31-,34-/m0/s1. The number of halogens is 2. The fourth-order valence-corrected chi connectivity index (χ4v) is 5.70. The molecule has 1 amide bonds. The lowest BCUT2D eigenvalue weighted by Crippen LogP contribution is -2.53. The van der Waals surface area contributed by atoms with E-state index in [-0.39, 0.29) is 37.8 Å². The molecule has 5 rings (SSSR count). The molecule has 10 nitrogen and oxygen atoms in total. The zero-order chi connectivity index (χ0) is 32.4. The van der Waals surface area contributed by atoms with Crippen LogP contribution < -0.4 is 15.6 Å². The third-order valence-corrected chi connectivity index (χ3v) is 8.21. The van der Waals surface area contributed by atoms with Crippen LogP contribution in [-0.2, 0) is 29.0 Å². The number of nitrogens with one attached hydrogen (secondary N) is 2. The van der Waals surface area contributed by atoms with Gasteiger partial charge in [0.25, 0.3) is 5.91 Å². The third kappa shape index (κ3) is 7.72. The molecule has 0 saturated carbocycles. The lowest BCUT2D eigenvalue weighted by molar-refractivity contribution is -0.130. The normalized spacial score (nSPS) is 17.0. The summed E-state index contributed by atoms with van der Waals surface area (Å²) in [5, 5.41) is 12.8. The van der Waals surface area contributed by atoms with Crippen LogP contribution in [0.4, 0.5) is 4.39 Å². The van der Waals surface area contributed by atoms with Crippen molar-refractivity contribution in [3.05, 3.63) is 146 Å². The van der Waals surface area contributed by atoms with Gasteiger partial charge in [-0.2, -0.15) is 0 Å². The zero-order valence-electron chi connectivity index (χ0n) is 24.8. The lowest BCUT2D eigenvalue weighted by Gasteiger charge is -2.32. The molecule has 12 heteroatoms. The summed E-state index contributed by atoms with van der Waals surface area (Å²) in [6, 6.07) is 28.2. The molecule has 0 bridgehead atoms. The summed E-state index contributed by atoms with van der Waals surface area (Å²) >= 11 is 3.64. The van der Waals surface area contributed by atoms with Crippen LogP contribution in [0.1, 0.15) is 40.3 Å². The number of rotatable bonds is 14. The third-order valence-electron chi connectivity index (χ3n) is 7.48. The SMILES string of the molecule is [N-]=[N+]=NCc1ccccc1C[C@]1(C(=O)NNCc2cccc(F)c2)N=C(c2ccc(OCCCO)cc2)O[C@H]1c1ccccc1Br. The molecule has 0 spiro atoms. The number of carbonyl (C=O) groups excluding carboxylic acids is 1. The average molecular weight is 688 g/mol. The van der Waals surface area contributed by atoms with E-state index in [1.165, 1.54) is 12.1 Å². The Kier molecular flexibility index (Phi) is 11.0. The number of azide groups is 1. The van der Waals surface area contributed by atoms with Gasteiger partial charge in [-0.3, -0.25) is 10.2 Å². The fraction of sp³-hybridized carbons (Fsp3) is 0.235. The number of aliphatic hydroxyl groups excluding tert-OH is 1. The van der Waals surface area contributed by atoms with Gasteiger partial charge in [-0.25, -0.2) is 14.8 Å². The molecule has 4 aromatic carbocycles. The van der Waals surface area contributed by atoms with Crippen molar-refractivity contribution in [3.8, 4) is 5.75 Å². The van der Waals surface area contributed by atoms with E-state index in [0.29, 0.717) is 35.5 Å². The van der Waals surface area contributed by atoms with Gasteiger partial charge >= 0.3 is 0 Å². The number of hydrazine groups is 1. The molecule has 0 aliphatic carbocycles. The van der Waals surface area contributed by atoms with E-state index < -0.39 is 17.6 Å². The number of carbonyl (C=O) groups is 1. The van der Waals surface area contributed by atoms with Crippen molar-refractivity contribution in [2.24, 2.45) is 10.1 Å². The van der Waals surface area contributed by atoms with E-state index in [9.17, 15) is 9.18 Å². The molecule has 3 N–H and O–H groups in total. The van der Waals surface area contributed by atoms with Gasteiger partial charge in [0.15, 0.2) is 11.6 Å². The van der Waals surface area contributed by atoms with Crippen LogP contribution in [0.25, 0.3) is 10.4 Å². The summed E-state index contributed by atoms with van der Waals surface area (Å²) < 4.78 is 26.8. The van der Waals surface area contributed by atoms with Gasteiger partial charge < -0.3 is 14.6 Å². The summed E-state index contributed by atoms with van der Waals surface area (Å²) in [6.07, 6.45) is -0.255. The van der Waals surface area contributed by atoms with Crippen LogP contribution in [0.3, 0.4) is 0 Å². The van der Waals surface area contributed by atoms with Gasteiger partial charge in [0.05, 0.1) is 13.2 Å². The number of aliphatic hydroxyl groups is 1. The van der Waals surface area contributed by atoms with E-state index in [1.807, 2.05) is 48.5 Å². The first-order valence-corrected chi connectivity index (χ1v) is 15.4. The number of amides is 1. The van der Waals surface area contributed by atoms with Gasteiger partial charge in [0.1, 0.15) is 11.6 Å². The highest BCUT2D eigenvalue weighted by atomic mass is 79.9. The van der Waals surface area contributed by atoms with Crippen molar-refractivity contribution in [2.45, 2.75) is 37.6 Å². The van der Waals surface area contributed by atoms with Crippen LogP contribution in [0, 0.1) is 5.82 Å². The molecule has 2 atom stereocenters. The Labute approximate surface area is 274 Å². The number of hydrogen-bond donors (Lipinski definition) is 3. The molecule has 0 radical (unpaired) electrons. The number of hydrogen-bond acceptors (Lipinski definition) is 7.